The van der Waals surface area contributed by atoms with Crippen molar-refractivity contribution in [2.24, 2.45) is 5.11 Å². The molecule has 0 bridgehead atoms. The summed E-state index contributed by atoms with van der Waals surface area (Å²) < 4.78 is 11.2. The number of carbonyl (C=O) groups is 3. The molecule has 2 aliphatic heterocycles. The molecule has 2 aliphatic rings. The fourth-order valence-corrected chi connectivity index (χ4v) is 5.24. The zero-order chi connectivity index (χ0) is 27.2. The lowest BCUT2D eigenvalue weighted by Gasteiger charge is -2.26. The van der Waals surface area contributed by atoms with Gasteiger partial charge in [-0.15, -0.1) is 0 Å². The summed E-state index contributed by atoms with van der Waals surface area (Å²) >= 11 is 4.38. The smallest absolute Gasteiger partial charge is 0.407 e. The molecule has 14 heteroatoms. The van der Waals surface area contributed by atoms with Crippen molar-refractivity contribution in [3.8, 4) is 0 Å². The molecule has 0 radical (unpaired) electrons. The fourth-order valence-electron chi connectivity index (χ4n) is 4.05. The van der Waals surface area contributed by atoms with Gasteiger partial charge < -0.3 is 29.8 Å². The number of carbonyl (C=O) groups excluding carboxylic acids is 3. The van der Waals surface area contributed by atoms with Gasteiger partial charge in [0.2, 0.25) is 0 Å². The van der Waals surface area contributed by atoms with Gasteiger partial charge in [0.05, 0.1) is 12.1 Å². The number of rotatable bonds is 6. The average molecular weight is 736 g/mol. The van der Waals surface area contributed by atoms with E-state index in [-0.39, 0.29) is 23.9 Å². The van der Waals surface area contributed by atoms with Gasteiger partial charge in [0.15, 0.2) is 0 Å². The molecule has 3 N–H and O–H groups in total. The maximum absolute atomic E-state index is 11.8. The van der Waals surface area contributed by atoms with Crippen LogP contribution in [-0.4, -0.2) is 58.8 Å². The van der Waals surface area contributed by atoms with Gasteiger partial charge in [-0.1, -0.05) is 5.11 Å². The van der Waals surface area contributed by atoms with Crippen LogP contribution in [0.5, 0.6) is 0 Å². The highest BCUT2D eigenvalue weighted by Crippen LogP contribution is 2.23. The molecule has 2 aromatic heterocycles. The quantitative estimate of drug-likeness (QED) is 0.175. The largest absolute Gasteiger partial charge is 0.444 e. The minimum absolute atomic E-state index is 0.0389. The molecule has 0 aromatic carbocycles. The van der Waals surface area contributed by atoms with Crippen LogP contribution < -0.4 is 16.0 Å². The Bertz CT molecular complexity index is 1200. The summed E-state index contributed by atoms with van der Waals surface area (Å²) in [5.74, 6) is -0.0859. The van der Waals surface area contributed by atoms with Gasteiger partial charge in [0.25, 0.3) is 11.8 Å². The Hall–Kier alpha value is -2.46. The van der Waals surface area contributed by atoms with E-state index < -0.39 is 11.7 Å². The molecule has 0 saturated carbocycles. The van der Waals surface area contributed by atoms with Crippen LogP contribution in [0.4, 0.5) is 4.79 Å². The van der Waals surface area contributed by atoms with E-state index in [1.54, 1.807) is 0 Å². The van der Waals surface area contributed by atoms with Gasteiger partial charge in [-0.3, -0.25) is 9.59 Å². The lowest BCUT2D eigenvalue weighted by Crippen LogP contribution is -2.40. The first-order valence-electron chi connectivity index (χ1n) is 11.8. The zero-order valence-electron chi connectivity index (χ0n) is 20.8. The Balaban J connectivity index is 0.000000213. The molecule has 12 nitrogen and oxygen atoms in total. The van der Waals surface area contributed by atoms with E-state index in [0.29, 0.717) is 37.6 Å². The SMILES string of the molecule is CC(C)(C)OC(=O)NCCC1CNC(=O)c2cc(I)cn21.[N-]=[N+]=NCCC1CNC(=O)c2cc(I)cn21. The highest BCUT2D eigenvalue weighted by Gasteiger charge is 2.26. The molecule has 0 fully saturated rings. The number of hydrogen-bond donors (Lipinski definition) is 3. The topological polar surface area (TPSA) is 155 Å². The van der Waals surface area contributed by atoms with Crippen molar-refractivity contribution in [3.05, 3.63) is 53.5 Å². The van der Waals surface area contributed by atoms with Gasteiger partial charge in [0, 0.05) is 50.6 Å². The Kier molecular flexibility index (Phi) is 10.1. The molecule has 0 aliphatic carbocycles. The zero-order valence-corrected chi connectivity index (χ0v) is 25.1. The highest BCUT2D eigenvalue weighted by molar-refractivity contribution is 14.1. The number of ether oxygens (including phenoxy) is 1. The van der Waals surface area contributed by atoms with Crippen molar-refractivity contribution < 1.29 is 19.1 Å². The number of halogens is 2. The van der Waals surface area contributed by atoms with Crippen LogP contribution in [0.25, 0.3) is 10.4 Å². The van der Waals surface area contributed by atoms with Crippen LogP contribution in [0.3, 0.4) is 0 Å². The minimum atomic E-state index is -0.493. The molecule has 200 valence electrons. The predicted octanol–water partition coefficient (Wildman–Crippen LogP) is 4.37. The van der Waals surface area contributed by atoms with Crippen molar-refractivity contribution in [2.75, 3.05) is 26.2 Å². The van der Waals surface area contributed by atoms with E-state index in [0.717, 1.165) is 20.0 Å². The van der Waals surface area contributed by atoms with Crippen LogP contribution in [0.15, 0.2) is 29.6 Å². The third-order valence-electron chi connectivity index (χ3n) is 5.65. The number of fused-ring (bicyclic) bond motifs is 2. The maximum atomic E-state index is 11.8. The standard InChI is InChI=1S/C14H20IN3O3.C9H10IN5O/c1-14(2,3)21-13(20)16-5-4-10-7-17-12(19)11-6-9(15)8-18(10)11;10-6-3-8-9(16)12-4-7(15(8)5-6)1-2-13-14-11/h6,8,10H,4-5,7H2,1-3H3,(H,16,20)(H,17,19);3,5,7H,1-2,4H2,(H,12,16). The number of amides is 3. The molecule has 0 spiro atoms. The van der Waals surface area contributed by atoms with Crippen LogP contribution in [0.1, 0.15) is 66.7 Å². The monoisotopic (exact) mass is 736 g/mol. The third kappa shape index (κ3) is 8.26. The van der Waals surface area contributed by atoms with Gasteiger partial charge in [-0.05, 0) is 96.5 Å². The van der Waals surface area contributed by atoms with Crippen molar-refractivity contribution in [3.63, 3.8) is 0 Å². The molecular weight excluding hydrogens is 706 g/mol. The molecule has 2 unspecified atom stereocenters. The van der Waals surface area contributed by atoms with Crippen LogP contribution in [0, 0.1) is 7.14 Å². The molecule has 2 aromatic rings. The van der Waals surface area contributed by atoms with Crippen molar-refractivity contribution in [1.29, 1.82) is 0 Å². The Labute approximate surface area is 242 Å². The summed E-state index contributed by atoms with van der Waals surface area (Å²) in [5.41, 5.74) is 9.08. The fraction of sp³-hybridized carbons (Fsp3) is 0.522. The number of azide groups is 1. The first-order chi connectivity index (χ1) is 17.5. The third-order valence-corrected chi connectivity index (χ3v) is 6.83. The lowest BCUT2D eigenvalue weighted by atomic mass is 10.1. The van der Waals surface area contributed by atoms with E-state index in [4.69, 9.17) is 10.3 Å². The van der Waals surface area contributed by atoms with Crippen LogP contribution in [0.2, 0.25) is 0 Å². The first kappa shape index (κ1) is 29.1. The van der Waals surface area contributed by atoms with Gasteiger partial charge in [0.1, 0.15) is 17.0 Å². The average Bonchev–Trinajstić information content (AvgIpc) is 3.40. The Morgan fingerprint density at radius 2 is 1.59 bits per heavy atom. The van der Waals surface area contributed by atoms with E-state index in [9.17, 15) is 14.4 Å². The summed E-state index contributed by atoms with van der Waals surface area (Å²) in [6.45, 7) is 7.62. The second-order valence-corrected chi connectivity index (χ2v) is 12.1. The lowest BCUT2D eigenvalue weighted by molar-refractivity contribution is 0.0523. The van der Waals surface area contributed by atoms with Crippen molar-refractivity contribution >= 4 is 63.1 Å². The predicted molar refractivity (Wildman–Crippen MR) is 155 cm³/mol. The summed E-state index contributed by atoms with van der Waals surface area (Å²) in [5, 5.41) is 12.0. The van der Waals surface area contributed by atoms with E-state index in [1.807, 2.05) is 54.4 Å². The molecular formula is C23H30I2N8O4. The van der Waals surface area contributed by atoms with E-state index in [2.05, 4.69) is 71.2 Å². The Morgan fingerprint density at radius 1 is 1.08 bits per heavy atom. The molecule has 4 heterocycles. The summed E-state index contributed by atoms with van der Waals surface area (Å²) in [6, 6.07) is 4.05. The number of hydrogen-bond acceptors (Lipinski definition) is 5. The normalized spacial score (nSPS) is 18.2. The summed E-state index contributed by atoms with van der Waals surface area (Å²) in [7, 11) is 0. The molecule has 4 rings (SSSR count). The molecule has 2 atom stereocenters. The van der Waals surface area contributed by atoms with Gasteiger partial charge in [-0.2, -0.15) is 0 Å². The van der Waals surface area contributed by atoms with Crippen LogP contribution in [-0.2, 0) is 4.74 Å². The summed E-state index contributed by atoms with van der Waals surface area (Å²) in [6.07, 6.45) is 4.98. The van der Waals surface area contributed by atoms with Crippen LogP contribution >= 0.6 is 45.2 Å². The Morgan fingerprint density at radius 3 is 2.08 bits per heavy atom. The second kappa shape index (κ2) is 12.9. The number of nitrogens with one attached hydrogen (secondary N) is 3. The first-order valence-corrected chi connectivity index (χ1v) is 13.9. The number of aromatic nitrogens is 2. The minimum Gasteiger partial charge on any atom is -0.444 e. The van der Waals surface area contributed by atoms with Crippen molar-refractivity contribution in [2.45, 2.75) is 51.3 Å². The van der Waals surface area contributed by atoms with Crippen molar-refractivity contribution in [1.82, 2.24) is 25.1 Å². The maximum Gasteiger partial charge on any atom is 0.407 e. The van der Waals surface area contributed by atoms with E-state index >= 15 is 0 Å². The number of alkyl carbamates (subject to hydrolysis) is 1. The molecule has 0 saturated heterocycles. The van der Waals surface area contributed by atoms with Gasteiger partial charge in [-0.25, -0.2) is 4.79 Å². The second-order valence-electron chi connectivity index (χ2n) is 9.59. The summed E-state index contributed by atoms with van der Waals surface area (Å²) in [4.78, 5) is 37.6. The van der Waals surface area contributed by atoms with E-state index in [1.165, 1.54) is 0 Å². The van der Waals surface area contributed by atoms with Gasteiger partial charge >= 0.3 is 6.09 Å². The highest BCUT2D eigenvalue weighted by atomic mass is 127. The molecule has 3 amide bonds. The molecule has 37 heavy (non-hydrogen) atoms. The number of nitrogens with zero attached hydrogens (tertiary/aromatic N) is 5.